The van der Waals surface area contributed by atoms with E-state index < -0.39 is 60.5 Å². The molecule has 170 valence electrons. The molecule has 1 aromatic rings. The molecule has 5 atom stereocenters. The number of esters is 4. The summed E-state index contributed by atoms with van der Waals surface area (Å²) < 4.78 is 27.2. The van der Waals surface area contributed by atoms with E-state index in [1.807, 2.05) is 0 Å². The van der Waals surface area contributed by atoms with E-state index in [-0.39, 0.29) is 5.75 Å². The quantitative estimate of drug-likeness (QED) is 0.316. The van der Waals surface area contributed by atoms with Crippen molar-refractivity contribution in [2.24, 2.45) is 5.92 Å². The van der Waals surface area contributed by atoms with Crippen LogP contribution in [0.1, 0.15) is 27.7 Å². The number of halogens is 1. The van der Waals surface area contributed by atoms with Gasteiger partial charge < -0.3 is 28.8 Å². The predicted octanol–water partition coefficient (Wildman–Crippen LogP) is 1.50. The number of aliphatic hydroxyl groups is 1. The van der Waals surface area contributed by atoms with Crippen molar-refractivity contribution >= 4 is 39.8 Å². The molecule has 5 unspecified atom stereocenters. The summed E-state index contributed by atoms with van der Waals surface area (Å²) in [6.07, 6.45) is -4.44. The molecule has 0 spiro atoms. The lowest BCUT2D eigenvalue weighted by atomic mass is 9.63. The third kappa shape index (κ3) is 5.73. The number of carbonyl (C=O) groups excluding carboxylic acids is 4. The van der Waals surface area contributed by atoms with Crippen molar-refractivity contribution in [3.8, 4) is 5.75 Å². The van der Waals surface area contributed by atoms with Crippen LogP contribution in [-0.2, 0) is 38.1 Å². The fourth-order valence-electron chi connectivity index (χ4n) is 3.41. The molecule has 1 saturated carbocycles. The van der Waals surface area contributed by atoms with E-state index in [1.54, 1.807) is 24.3 Å². The fourth-order valence-corrected chi connectivity index (χ4v) is 3.68. The molecule has 2 rings (SSSR count). The van der Waals surface area contributed by atoms with Gasteiger partial charge in [0.2, 0.25) is 11.9 Å². The number of hydrogen-bond donors (Lipinski definition) is 1. The first-order chi connectivity index (χ1) is 14.5. The zero-order valence-corrected chi connectivity index (χ0v) is 18.9. The Balaban J connectivity index is 2.49. The molecule has 1 aliphatic carbocycles. The third-order valence-electron chi connectivity index (χ3n) is 4.55. The van der Waals surface area contributed by atoms with Gasteiger partial charge in [-0.05, 0) is 24.3 Å². The molecular formula is C20H23BrO10. The van der Waals surface area contributed by atoms with E-state index in [0.717, 1.165) is 32.2 Å². The Kier molecular flexibility index (Phi) is 8.02. The molecule has 31 heavy (non-hydrogen) atoms. The normalized spacial score (nSPS) is 25.4. The highest BCUT2D eigenvalue weighted by molar-refractivity contribution is 9.10. The first-order valence-corrected chi connectivity index (χ1v) is 10.0. The smallest absolute Gasteiger partial charge is 0.303 e. The molecule has 1 N–H and O–H groups in total. The van der Waals surface area contributed by atoms with Crippen LogP contribution in [0, 0.1) is 5.92 Å². The molecule has 0 radical (unpaired) electrons. The Morgan fingerprint density at radius 2 is 1.55 bits per heavy atom. The van der Waals surface area contributed by atoms with Gasteiger partial charge >= 0.3 is 23.9 Å². The van der Waals surface area contributed by atoms with Gasteiger partial charge in [0.1, 0.15) is 12.4 Å². The fraction of sp³-hybridized carbons (Fsp3) is 0.500. The Labute approximate surface area is 186 Å². The zero-order valence-electron chi connectivity index (χ0n) is 17.3. The van der Waals surface area contributed by atoms with Gasteiger partial charge in [-0.25, -0.2) is 0 Å². The van der Waals surface area contributed by atoms with E-state index in [4.69, 9.17) is 23.7 Å². The molecule has 0 aromatic heterocycles. The molecular weight excluding hydrogens is 480 g/mol. The van der Waals surface area contributed by atoms with Crippen LogP contribution in [0.3, 0.4) is 0 Å². The van der Waals surface area contributed by atoms with Crippen molar-refractivity contribution in [3.63, 3.8) is 0 Å². The van der Waals surface area contributed by atoms with Gasteiger partial charge in [0.25, 0.3) is 0 Å². The molecule has 10 nitrogen and oxygen atoms in total. The predicted molar refractivity (Wildman–Crippen MR) is 107 cm³/mol. The lowest BCUT2D eigenvalue weighted by molar-refractivity contribution is -0.338. The highest BCUT2D eigenvalue weighted by Crippen LogP contribution is 2.49. The first kappa shape index (κ1) is 24.6. The van der Waals surface area contributed by atoms with Gasteiger partial charge in [-0.15, -0.1) is 0 Å². The molecule has 0 heterocycles. The molecule has 0 bridgehead atoms. The van der Waals surface area contributed by atoms with Gasteiger partial charge in [0.05, 0.1) is 5.92 Å². The molecule has 11 heteroatoms. The van der Waals surface area contributed by atoms with E-state index in [1.165, 1.54) is 0 Å². The maximum atomic E-state index is 11.9. The SMILES string of the molecule is CC(=O)OCC1C(OC(C)=O)C(OC(C)=O)C1(OC(C)=O)C(O)Oc1ccc(Br)cc1. The van der Waals surface area contributed by atoms with E-state index in [0.29, 0.717) is 0 Å². The first-order valence-electron chi connectivity index (χ1n) is 9.25. The number of carbonyl (C=O) groups is 4. The number of aliphatic hydroxyl groups excluding tert-OH is 1. The summed E-state index contributed by atoms with van der Waals surface area (Å²) in [6, 6.07) is 6.39. The van der Waals surface area contributed by atoms with Crippen LogP contribution < -0.4 is 4.74 Å². The maximum Gasteiger partial charge on any atom is 0.303 e. The van der Waals surface area contributed by atoms with Crippen LogP contribution in [0.4, 0.5) is 0 Å². The molecule has 0 amide bonds. The lowest BCUT2D eigenvalue weighted by Crippen LogP contribution is -2.79. The lowest BCUT2D eigenvalue weighted by Gasteiger charge is -2.57. The van der Waals surface area contributed by atoms with Crippen LogP contribution in [-0.4, -0.2) is 59.7 Å². The van der Waals surface area contributed by atoms with Crippen LogP contribution >= 0.6 is 15.9 Å². The summed E-state index contributed by atoms with van der Waals surface area (Å²) in [5.74, 6) is -3.84. The number of benzene rings is 1. The minimum Gasteiger partial charge on any atom is -0.465 e. The molecule has 1 fully saturated rings. The standard InChI is InChI=1S/C20H23BrO10/c1-10(22)27-9-16-17(28-11(2)23)18(29-12(3)24)20(16,31-13(4)25)19(26)30-15-7-5-14(21)6-8-15/h5-8,16-19,26H,9H2,1-4H3. The van der Waals surface area contributed by atoms with Gasteiger partial charge in [0, 0.05) is 32.2 Å². The van der Waals surface area contributed by atoms with E-state index >= 15 is 0 Å². The van der Waals surface area contributed by atoms with Crippen LogP contribution in [0.25, 0.3) is 0 Å². The number of hydrogen-bond acceptors (Lipinski definition) is 10. The van der Waals surface area contributed by atoms with Gasteiger partial charge in [-0.2, -0.15) is 0 Å². The van der Waals surface area contributed by atoms with Gasteiger partial charge in [0.15, 0.2) is 12.2 Å². The average molecular weight is 503 g/mol. The largest absolute Gasteiger partial charge is 0.465 e. The molecule has 1 aromatic carbocycles. The third-order valence-corrected chi connectivity index (χ3v) is 5.08. The monoisotopic (exact) mass is 502 g/mol. The Bertz CT molecular complexity index is 839. The number of ether oxygens (including phenoxy) is 5. The van der Waals surface area contributed by atoms with Crippen molar-refractivity contribution < 1.29 is 48.0 Å². The highest BCUT2D eigenvalue weighted by atomic mass is 79.9. The van der Waals surface area contributed by atoms with Gasteiger partial charge in [-0.1, -0.05) is 15.9 Å². The van der Waals surface area contributed by atoms with Crippen LogP contribution in [0.2, 0.25) is 0 Å². The van der Waals surface area contributed by atoms with E-state index in [2.05, 4.69) is 15.9 Å². The summed E-state index contributed by atoms with van der Waals surface area (Å²) >= 11 is 3.28. The molecule has 0 aliphatic heterocycles. The van der Waals surface area contributed by atoms with E-state index in [9.17, 15) is 24.3 Å². The summed E-state index contributed by atoms with van der Waals surface area (Å²) in [5.41, 5.74) is -2.01. The van der Waals surface area contributed by atoms with Crippen LogP contribution in [0.15, 0.2) is 28.7 Å². The minimum absolute atomic E-state index is 0.214. The minimum atomic E-state index is -2.01. The average Bonchev–Trinajstić information content (AvgIpc) is 2.65. The second-order valence-electron chi connectivity index (χ2n) is 6.88. The topological polar surface area (TPSA) is 135 Å². The zero-order chi connectivity index (χ0) is 23.3. The highest BCUT2D eigenvalue weighted by Gasteiger charge is 2.74. The summed E-state index contributed by atoms with van der Waals surface area (Å²) in [6.45, 7) is 4.07. The molecule has 0 saturated heterocycles. The van der Waals surface area contributed by atoms with Crippen molar-refractivity contribution in [1.29, 1.82) is 0 Å². The summed E-state index contributed by atoms with van der Waals surface area (Å²) in [5, 5.41) is 11.0. The second kappa shape index (κ2) is 10.1. The maximum absolute atomic E-state index is 11.9. The summed E-state index contributed by atoms with van der Waals surface area (Å²) in [4.78, 5) is 46.7. The van der Waals surface area contributed by atoms with Crippen molar-refractivity contribution in [2.75, 3.05) is 6.61 Å². The second-order valence-corrected chi connectivity index (χ2v) is 7.80. The van der Waals surface area contributed by atoms with Crippen molar-refractivity contribution in [3.05, 3.63) is 28.7 Å². The Hall–Kier alpha value is -2.66. The van der Waals surface area contributed by atoms with Crippen molar-refractivity contribution in [1.82, 2.24) is 0 Å². The van der Waals surface area contributed by atoms with Crippen molar-refractivity contribution in [2.45, 2.75) is 51.8 Å². The molecule has 1 aliphatic rings. The van der Waals surface area contributed by atoms with Gasteiger partial charge in [-0.3, -0.25) is 19.2 Å². The Morgan fingerprint density at radius 3 is 2.03 bits per heavy atom. The summed E-state index contributed by atoms with van der Waals surface area (Å²) in [7, 11) is 0. The van der Waals surface area contributed by atoms with Crippen LogP contribution in [0.5, 0.6) is 5.75 Å². The number of rotatable bonds is 8. The Morgan fingerprint density at radius 1 is 0.968 bits per heavy atom.